The van der Waals surface area contributed by atoms with Gasteiger partial charge in [0.15, 0.2) is 28.6 Å². The van der Waals surface area contributed by atoms with E-state index in [9.17, 15) is 18.0 Å². The Labute approximate surface area is 261 Å². The topological polar surface area (TPSA) is 147 Å². The first-order valence-electron chi connectivity index (χ1n) is 13.8. The summed E-state index contributed by atoms with van der Waals surface area (Å²) in [5.41, 5.74) is 7.57. The monoisotopic (exact) mass is 637 g/mol. The number of aryl methyl sites for hydroxylation is 1. The average molecular weight is 638 g/mol. The number of anilines is 2. The van der Waals surface area contributed by atoms with Crippen LogP contribution in [0.5, 0.6) is 23.0 Å². The number of amides is 2. The van der Waals surface area contributed by atoms with Gasteiger partial charge in [0.05, 0.1) is 50.5 Å². The number of methoxy groups -OCH3 is 3. The highest BCUT2D eigenvalue weighted by molar-refractivity contribution is 5.89. The molecule has 0 atom stereocenters. The Hall–Kier alpha value is -5.73. The lowest BCUT2D eigenvalue weighted by Crippen LogP contribution is -2.32. The molecule has 0 saturated carbocycles. The number of alkyl halides is 3. The summed E-state index contributed by atoms with van der Waals surface area (Å²) in [7, 11) is 4.52. The van der Waals surface area contributed by atoms with Crippen LogP contribution < -0.4 is 35.3 Å². The van der Waals surface area contributed by atoms with Crippen molar-refractivity contribution in [2.45, 2.75) is 13.1 Å². The number of imidazole rings is 1. The van der Waals surface area contributed by atoms with Crippen LogP contribution in [0.2, 0.25) is 0 Å². The molecule has 0 aliphatic carbocycles. The number of hydrogen-bond donors (Lipinski definition) is 3. The lowest BCUT2D eigenvalue weighted by molar-refractivity contribution is -0.137. The number of ether oxygens (including phenoxy) is 4. The second kappa shape index (κ2) is 13.1. The van der Waals surface area contributed by atoms with Gasteiger partial charge in [-0.1, -0.05) is 0 Å². The number of hydrogen-bond acceptors (Lipinski definition) is 9. The number of fused-ring (bicyclic) bond motifs is 1. The van der Waals surface area contributed by atoms with Gasteiger partial charge in [0.1, 0.15) is 12.4 Å². The number of nitrogen functional groups attached to an aromatic ring is 1. The van der Waals surface area contributed by atoms with Gasteiger partial charge in [0.2, 0.25) is 0 Å². The molecule has 3 aromatic heterocycles. The predicted molar refractivity (Wildman–Crippen MR) is 164 cm³/mol. The molecule has 2 aromatic carbocycles. The van der Waals surface area contributed by atoms with Crippen molar-refractivity contribution in [2.24, 2.45) is 0 Å². The van der Waals surface area contributed by atoms with Crippen molar-refractivity contribution in [3.05, 3.63) is 72.1 Å². The van der Waals surface area contributed by atoms with Crippen molar-refractivity contribution in [1.29, 1.82) is 0 Å². The molecule has 5 aromatic rings. The van der Waals surface area contributed by atoms with Gasteiger partial charge in [-0.25, -0.2) is 19.3 Å². The molecular weight excluding hydrogens is 607 g/mol. The number of rotatable bonds is 10. The quantitative estimate of drug-likeness (QED) is 0.167. The highest BCUT2D eigenvalue weighted by atomic mass is 19.4. The first-order valence-corrected chi connectivity index (χ1v) is 13.8. The second-order valence-electron chi connectivity index (χ2n) is 9.85. The zero-order valence-electron chi connectivity index (χ0n) is 25.2. The number of nitrogens with one attached hydrogen (secondary N) is 2. The highest BCUT2D eigenvalue weighted by Gasteiger charge is 2.34. The minimum atomic E-state index is -4.67. The molecule has 0 saturated heterocycles. The van der Waals surface area contributed by atoms with Crippen molar-refractivity contribution >= 4 is 23.2 Å². The Morgan fingerprint density at radius 3 is 2.35 bits per heavy atom. The summed E-state index contributed by atoms with van der Waals surface area (Å²) < 4.78 is 63.9. The van der Waals surface area contributed by atoms with Gasteiger partial charge in [-0.3, -0.25) is 0 Å². The molecule has 0 radical (unpaired) electrons. The fourth-order valence-corrected chi connectivity index (χ4v) is 4.72. The third kappa shape index (κ3) is 6.67. The summed E-state index contributed by atoms with van der Waals surface area (Å²) in [5.74, 6) is 1.25. The standard InChI is InChI=1S/C31H30F3N7O5/c1-17-28(19-13-21(31(32,33)34)29(35)37-16-19)41-27(38-17)10-7-22(40-41)18-5-8-24(25(14-18)44-3)46-12-11-36-30(42)39-20-6-9-23(43-2)26(15-20)45-4/h5-10,13-16H,11-12H2,1-4H3,(H2,35,37)(H2,36,39,42). The molecule has 0 spiro atoms. The molecule has 5 rings (SSSR count). The van der Waals surface area contributed by atoms with Gasteiger partial charge in [0.25, 0.3) is 0 Å². The fraction of sp³-hybridized carbons (Fsp3) is 0.226. The van der Waals surface area contributed by atoms with Crippen LogP contribution in [0.3, 0.4) is 0 Å². The molecule has 0 unspecified atom stereocenters. The number of nitrogens with two attached hydrogens (primary N) is 1. The Kier molecular flexibility index (Phi) is 9.02. The van der Waals surface area contributed by atoms with E-state index < -0.39 is 23.6 Å². The van der Waals surface area contributed by atoms with Crippen LogP contribution in [0.4, 0.5) is 29.5 Å². The lowest BCUT2D eigenvalue weighted by Gasteiger charge is -2.14. The number of nitrogens with zero attached hydrogens (tertiary/aromatic N) is 4. The minimum absolute atomic E-state index is 0.145. The van der Waals surface area contributed by atoms with E-state index in [1.807, 2.05) is 0 Å². The summed E-state index contributed by atoms with van der Waals surface area (Å²) in [6.07, 6.45) is -3.41. The molecule has 0 bridgehead atoms. The Morgan fingerprint density at radius 2 is 1.63 bits per heavy atom. The van der Waals surface area contributed by atoms with Crippen LogP contribution in [0.25, 0.3) is 28.2 Å². The maximum Gasteiger partial charge on any atom is 0.419 e. The maximum atomic E-state index is 13.5. The van der Waals surface area contributed by atoms with Crippen LogP contribution in [0.15, 0.2) is 60.8 Å². The molecule has 4 N–H and O–H groups in total. The van der Waals surface area contributed by atoms with Gasteiger partial charge in [-0.2, -0.15) is 18.3 Å². The fourth-order valence-electron chi connectivity index (χ4n) is 4.72. The predicted octanol–water partition coefficient (Wildman–Crippen LogP) is 5.59. The molecular formula is C31H30F3N7O5. The number of aromatic nitrogens is 4. The van der Waals surface area contributed by atoms with Crippen LogP contribution >= 0.6 is 0 Å². The van der Waals surface area contributed by atoms with Crippen LogP contribution in [-0.4, -0.2) is 60.1 Å². The van der Waals surface area contributed by atoms with E-state index in [1.54, 1.807) is 55.5 Å². The van der Waals surface area contributed by atoms with Gasteiger partial charge in [0, 0.05) is 29.1 Å². The normalized spacial score (nSPS) is 11.3. The van der Waals surface area contributed by atoms with Crippen molar-refractivity contribution in [1.82, 2.24) is 24.9 Å². The zero-order chi connectivity index (χ0) is 33.0. The van der Waals surface area contributed by atoms with Gasteiger partial charge in [-0.05, 0) is 55.5 Å². The smallest absolute Gasteiger partial charge is 0.419 e. The number of carbonyl (C=O) groups is 1. The van der Waals surface area contributed by atoms with Crippen LogP contribution in [-0.2, 0) is 6.18 Å². The summed E-state index contributed by atoms with van der Waals surface area (Å²) >= 11 is 0. The molecule has 12 nitrogen and oxygen atoms in total. The molecule has 0 fully saturated rings. The van der Waals surface area contributed by atoms with Crippen molar-refractivity contribution in [3.8, 4) is 45.5 Å². The zero-order valence-corrected chi connectivity index (χ0v) is 25.2. The number of carbonyl (C=O) groups excluding carboxylic acids is 1. The average Bonchev–Trinajstić information content (AvgIpc) is 3.37. The summed E-state index contributed by atoms with van der Waals surface area (Å²) in [6.45, 7) is 2.02. The first kappa shape index (κ1) is 31.7. The number of urea groups is 1. The Morgan fingerprint density at radius 1 is 0.913 bits per heavy atom. The summed E-state index contributed by atoms with van der Waals surface area (Å²) in [4.78, 5) is 20.5. The van der Waals surface area contributed by atoms with E-state index in [1.165, 1.54) is 32.0 Å². The molecule has 0 aliphatic rings. The molecule has 46 heavy (non-hydrogen) atoms. The largest absolute Gasteiger partial charge is 0.493 e. The number of benzene rings is 2. The van der Waals surface area contributed by atoms with E-state index >= 15 is 0 Å². The van der Waals surface area contributed by atoms with E-state index in [2.05, 4.69) is 25.7 Å². The summed E-state index contributed by atoms with van der Waals surface area (Å²) in [5, 5.41) is 10.1. The highest BCUT2D eigenvalue weighted by Crippen LogP contribution is 2.37. The van der Waals surface area contributed by atoms with Crippen molar-refractivity contribution in [3.63, 3.8) is 0 Å². The molecule has 0 aliphatic heterocycles. The van der Waals surface area contributed by atoms with Crippen molar-refractivity contribution in [2.75, 3.05) is 45.5 Å². The Bertz CT molecular complexity index is 1900. The lowest BCUT2D eigenvalue weighted by atomic mass is 10.1. The third-order valence-electron chi connectivity index (χ3n) is 6.90. The van der Waals surface area contributed by atoms with Crippen LogP contribution in [0, 0.1) is 6.92 Å². The van der Waals surface area contributed by atoms with Gasteiger partial charge < -0.3 is 35.3 Å². The van der Waals surface area contributed by atoms with Gasteiger partial charge >= 0.3 is 12.2 Å². The molecule has 3 heterocycles. The summed E-state index contributed by atoms with van der Waals surface area (Å²) in [6, 6.07) is 14.1. The molecule has 240 valence electrons. The SMILES string of the molecule is COc1ccc(NC(=O)NCCOc2ccc(-c3ccc4nc(C)c(-c5cnc(N)c(C(F)(F)F)c5)n4n3)cc2OC)cc1OC. The number of pyridine rings is 1. The van der Waals surface area contributed by atoms with E-state index in [4.69, 9.17) is 24.7 Å². The van der Waals surface area contributed by atoms with Crippen molar-refractivity contribution < 1.29 is 36.9 Å². The van der Waals surface area contributed by atoms with Crippen LogP contribution in [0.1, 0.15) is 11.3 Å². The number of halogens is 3. The maximum absolute atomic E-state index is 13.5. The first-order chi connectivity index (χ1) is 22.0. The molecule has 2 amide bonds. The molecule has 15 heteroatoms. The third-order valence-corrected chi connectivity index (χ3v) is 6.90. The second-order valence-corrected chi connectivity index (χ2v) is 9.85. The minimum Gasteiger partial charge on any atom is -0.493 e. The Balaban J connectivity index is 1.28. The van der Waals surface area contributed by atoms with Gasteiger partial charge in [-0.15, -0.1) is 0 Å². The van der Waals surface area contributed by atoms with E-state index in [0.29, 0.717) is 57.0 Å². The van der Waals surface area contributed by atoms with E-state index in [0.717, 1.165) is 6.07 Å². The van der Waals surface area contributed by atoms with E-state index in [-0.39, 0.29) is 18.7 Å².